The third kappa shape index (κ3) is 3.18. The third-order valence-electron chi connectivity index (χ3n) is 3.16. The average Bonchev–Trinajstić information content (AvgIpc) is 2.41. The molecule has 0 bridgehead atoms. The highest BCUT2D eigenvalue weighted by atomic mass is 16.4. The van der Waals surface area contributed by atoms with Gasteiger partial charge in [-0.3, -0.25) is 9.88 Å². The van der Waals surface area contributed by atoms with Gasteiger partial charge in [-0.25, -0.2) is 0 Å². The lowest BCUT2D eigenvalue weighted by Crippen LogP contribution is -2.35. The Morgan fingerprint density at radius 2 is 2.22 bits per heavy atom. The highest BCUT2D eigenvalue weighted by Crippen LogP contribution is 2.13. The van der Waals surface area contributed by atoms with Crippen LogP contribution in [0.15, 0.2) is 23.5 Å². The van der Waals surface area contributed by atoms with Gasteiger partial charge in [0.25, 0.3) is 0 Å². The Morgan fingerprint density at radius 3 is 2.89 bits per heavy atom. The molecular formula is C12H18N4O2. The molecule has 1 aliphatic heterocycles. The Labute approximate surface area is 106 Å². The van der Waals surface area contributed by atoms with Crippen molar-refractivity contribution in [2.24, 2.45) is 10.9 Å². The van der Waals surface area contributed by atoms with Gasteiger partial charge in [0.2, 0.25) is 0 Å². The molecule has 0 aliphatic carbocycles. The quantitative estimate of drug-likeness (QED) is 0.307. The van der Waals surface area contributed by atoms with Crippen LogP contribution in [0.2, 0.25) is 0 Å². The third-order valence-corrected chi connectivity index (χ3v) is 3.16. The van der Waals surface area contributed by atoms with Crippen molar-refractivity contribution in [2.45, 2.75) is 25.5 Å². The summed E-state index contributed by atoms with van der Waals surface area (Å²) < 4.78 is 0. The van der Waals surface area contributed by atoms with Crippen molar-refractivity contribution in [1.29, 1.82) is 0 Å². The monoisotopic (exact) mass is 250 g/mol. The van der Waals surface area contributed by atoms with Crippen molar-refractivity contribution in [2.75, 3.05) is 13.1 Å². The number of hydrogen-bond donors (Lipinski definition) is 3. The molecular weight excluding hydrogens is 232 g/mol. The van der Waals surface area contributed by atoms with Gasteiger partial charge < -0.3 is 16.0 Å². The number of hydrogen-bond acceptors (Lipinski definition) is 5. The number of nitrogens with zero attached hydrogens (tertiary/aromatic N) is 3. The standard InChI is InChI=1S/C12H18N4O2/c13-12(15-18)11-7-9(1-4-14-11)8-16-5-2-10(17)3-6-16/h1,4,7,10,17-18H,2-3,5-6,8H2,(H2,13,15). The summed E-state index contributed by atoms with van der Waals surface area (Å²) in [5.74, 6) is 0.0194. The summed E-state index contributed by atoms with van der Waals surface area (Å²) in [6, 6.07) is 3.74. The number of oxime groups is 1. The van der Waals surface area contributed by atoms with Crippen molar-refractivity contribution >= 4 is 5.84 Å². The van der Waals surface area contributed by atoms with Crippen molar-refractivity contribution in [1.82, 2.24) is 9.88 Å². The molecule has 0 radical (unpaired) electrons. The molecule has 1 aromatic rings. The fourth-order valence-corrected chi connectivity index (χ4v) is 2.10. The van der Waals surface area contributed by atoms with Crippen LogP contribution in [-0.2, 0) is 6.54 Å². The Kier molecular flexibility index (Phi) is 4.11. The van der Waals surface area contributed by atoms with Crippen LogP contribution < -0.4 is 5.73 Å². The smallest absolute Gasteiger partial charge is 0.188 e. The number of pyridine rings is 1. The van der Waals surface area contributed by atoms with Gasteiger partial charge in [-0.1, -0.05) is 5.16 Å². The number of nitrogens with two attached hydrogens (primary N) is 1. The number of aliphatic hydroxyl groups is 1. The van der Waals surface area contributed by atoms with Crippen LogP contribution in [0.4, 0.5) is 0 Å². The number of aromatic nitrogens is 1. The van der Waals surface area contributed by atoms with Crippen LogP contribution in [0, 0.1) is 0 Å². The van der Waals surface area contributed by atoms with Crippen LogP contribution in [0.3, 0.4) is 0 Å². The number of likely N-dealkylation sites (tertiary alicyclic amines) is 1. The number of rotatable bonds is 3. The molecule has 0 unspecified atom stereocenters. The Morgan fingerprint density at radius 1 is 1.50 bits per heavy atom. The summed E-state index contributed by atoms with van der Waals surface area (Å²) in [4.78, 5) is 6.32. The molecule has 0 spiro atoms. The maximum atomic E-state index is 9.45. The topological polar surface area (TPSA) is 95.0 Å². The predicted molar refractivity (Wildman–Crippen MR) is 67.3 cm³/mol. The molecule has 1 aromatic heterocycles. The van der Waals surface area contributed by atoms with Crippen molar-refractivity contribution in [3.8, 4) is 0 Å². The van der Waals surface area contributed by atoms with Crippen LogP contribution in [0.1, 0.15) is 24.1 Å². The summed E-state index contributed by atoms with van der Waals surface area (Å²) in [5.41, 5.74) is 7.06. The van der Waals surface area contributed by atoms with E-state index in [1.54, 1.807) is 6.20 Å². The number of piperidine rings is 1. The Balaban J connectivity index is 2.01. The molecule has 2 rings (SSSR count). The van der Waals surface area contributed by atoms with Crippen LogP contribution >= 0.6 is 0 Å². The van der Waals surface area contributed by atoms with E-state index in [1.165, 1.54) is 0 Å². The minimum Gasteiger partial charge on any atom is -0.409 e. The number of amidine groups is 1. The molecule has 0 amide bonds. The lowest BCUT2D eigenvalue weighted by molar-refractivity contribution is 0.0792. The fourth-order valence-electron chi connectivity index (χ4n) is 2.10. The molecule has 4 N–H and O–H groups in total. The second kappa shape index (κ2) is 5.79. The highest BCUT2D eigenvalue weighted by Gasteiger charge is 2.17. The molecule has 98 valence electrons. The first kappa shape index (κ1) is 12.8. The van der Waals surface area contributed by atoms with E-state index in [0.717, 1.165) is 38.0 Å². The van der Waals surface area contributed by atoms with Gasteiger partial charge in [-0.05, 0) is 30.5 Å². The van der Waals surface area contributed by atoms with E-state index in [0.29, 0.717) is 5.69 Å². The zero-order valence-electron chi connectivity index (χ0n) is 10.2. The van der Waals surface area contributed by atoms with E-state index < -0.39 is 0 Å². The second-order valence-corrected chi connectivity index (χ2v) is 4.54. The summed E-state index contributed by atoms with van der Waals surface area (Å²) in [6.07, 6.45) is 3.13. The van der Waals surface area contributed by atoms with Gasteiger partial charge in [0.15, 0.2) is 5.84 Å². The van der Waals surface area contributed by atoms with Gasteiger partial charge >= 0.3 is 0 Å². The Hall–Kier alpha value is -1.66. The average molecular weight is 250 g/mol. The Bertz CT molecular complexity index is 428. The van der Waals surface area contributed by atoms with Gasteiger partial charge in [0.05, 0.1) is 6.10 Å². The number of aliphatic hydroxyl groups excluding tert-OH is 1. The maximum Gasteiger partial charge on any atom is 0.188 e. The first-order valence-corrected chi connectivity index (χ1v) is 6.02. The van der Waals surface area contributed by atoms with E-state index in [2.05, 4.69) is 15.0 Å². The predicted octanol–water partition coefficient (Wildman–Crippen LogP) is 0.133. The van der Waals surface area contributed by atoms with Crippen molar-refractivity contribution in [3.63, 3.8) is 0 Å². The van der Waals surface area contributed by atoms with Crippen molar-refractivity contribution < 1.29 is 10.3 Å². The van der Waals surface area contributed by atoms with E-state index >= 15 is 0 Å². The van der Waals surface area contributed by atoms with Gasteiger partial charge in [-0.2, -0.15) is 0 Å². The zero-order chi connectivity index (χ0) is 13.0. The van der Waals surface area contributed by atoms with E-state index in [-0.39, 0.29) is 11.9 Å². The molecule has 0 saturated carbocycles. The molecule has 1 fully saturated rings. The normalized spacial score (nSPS) is 19.1. The molecule has 0 atom stereocenters. The minimum absolute atomic E-state index is 0.0194. The van der Waals surface area contributed by atoms with Crippen LogP contribution in [-0.4, -0.2) is 45.2 Å². The van der Waals surface area contributed by atoms with E-state index in [4.69, 9.17) is 10.9 Å². The maximum absolute atomic E-state index is 9.45. The zero-order valence-corrected chi connectivity index (χ0v) is 10.2. The molecule has 0 aromatic carbocycles. The lowest BCUT2D eigenvalue weighted by Gasteiger charge is -2.29. The molecule has 1 aliphatic rings. The van der Waals surface area contributed by atoms with Crippen LogP contribution in [0.5, 0.6) is 0 Å². The van der Waals surface area contributed by atoms with Crippen molar-refractivity contribution in [3.05, 3.63) is 29.6 Å². The van der Waals surface area contributed by atoms with Gasteiger partial charge in [-0.15, -0.1) is 0 Å². The van der Waals surface area contributed by atoms with Gasteiger partial charge in [0, 0.05) is 25.8 Å². The SMILES string of the molecule is NC(=NO)c1cc(CN2CCC(O)CC2)ccn1. The van der Waals surface area contributed by atoms with E-state index in [1.807, 2.05) is 12.1 Å². The minimum atomic E-state index is -0.161. The van der Waals surface area contributed by atoms with Gasteiger partial charge in [0.1, 0.15) is 5.69 Å². The summed E-state index contributed by atoms with van der Waals surface area (Å²) in [5, 5.41) is 21.0. The molecule has 1 saturated heterocycles. The first-order chi connectivity index (χ1) is 8.69. The highest BCUT2D eigenvalue weighted by molar-refractivity contribution is 5.95. The first-order valence-electron chi connectivity index (χ1n) is 6.02. The second-order valence-electron chi connectivity index (χ2n) is 4.54. The molecule has 6 heteroatoms. The summed E-state index contributed by atoms with van der Waals surface area (Å²) in [6.45, 7) is 2.58. The largest absolute Gasteiger partial charge is 0.409 e. The lowest BCUT2D eigenvalue weighted by atomic mass is 10.1. The molecule has 2 heterocycles. The molecule has 6 nitrogen and oxygen atoms in total. The summed E-state index contributed by atoms with van der Waals surface area (Å²) >= 11 is 0. The van der Waals surface area contributed by atoms with Crippen LogP contribution in [0.25, 0.3) is 0 Å². The fraction of sp³-hybridized carbons (Fsp3) is 0.500. The van der Waals surface area contributed by atoms with E-state index in [9.17, 15) is 5.11 Å². The molecule has 18 heavy (non-hydrogen) atoms. The summed E-state index contributed by atoms with van der Waals surface area (Å²) in [7, 11) is 0.